The quantitative estimate of drug-likeness (QED) is 0.792. The summed E-state index contributed by atoms with van der Waals surface area (Å²) < 4.78 is 5.37. The van der Waals surface area contributed by atoms with Gasteiger partial charge >= 0.3 is 0 Å². The van der Waals surface area contributed by atoms with Gasteiger partial charge in [-0.25, -0.2) is 4.98 Å². The molecule has 0 bridgehead atoms. The summed E-state index contributed by atoms with van der Waals surface area (Å²) in [5.74, 6) is 1.29. The number of likely N-dealkylation sites (N-methyl/N-ethyl adjacent to an activating group) is 1. The predicted octanol–water partition coefficient (Wildman–Crippen LogP) is 1.95. The van der Waals surface area contributed by atoms with Crippen molar-refractivity contribution in [2.75, 3.05) is 25.1 Å². The lowest BCUT2D eigenvalue weighted by Crippen LogP contribution is -2.22. The molecule has 2 aromatic heterocycles. The average molecular weight is 258 g/mol. The van der Waals surface area contributed by atoms with E-state index in [0.29, 0.717) is 18.4 Å². The van der Waals surface area contributed by atoms with E-state index in [0.717, 1.165) is 13.0 Å². The summed E-state index contributed by atoms with van der Waals surface area (Å²) in [5.41, 5.74) is 1.25. The first-order valence-electron chi connectivity index (χ1n) is 6.35. The van der Waals surface area contributed by atoms with Crippen LogP contribution < -0.4 is 9.64 Å². The molecule has 0 N–H and O–H groups in total. The number of rotatable bonds is 6. The van der Waals surface area contributed by atoms with Crippen molar-refractivity contribution in [3.63, 3.8) is 0 Å². The van der Waals surface area contributed by atoms with Gasteiger partial charge in [-0.3, -0.25) is 4.98 Å². The van der Waals surface area contributed by atoms with E-state index in [2.05, 4.69) is 15.0 Å². The molecule has 0 atom stereocenters. The molecular formula is C14H18N4O. The summed E-state index contributed by atoms with van der Waals surface area (Å²) in [6, 6.07) is 5.81. The smallest absolute Gasteiger partial charge is 0.228 e. The van der Waals surface area contributed by atoms with Gasteiger partial charge in [0.1, 0.15) is 0 Å². The van der Waals surface area contributed by atoms with Gasteiger partial charge in [-0.2, -0.15) is 4.98 Å². The number of pyridine rings is 1. The normalized spacial score (nSPS) is 10.2. The summed E-state index contributed by atoms with van der Waals surface area (Å²) in [5, 5.41) is 0. The Kier molecular flexibility index (Phi) is 4.66. The van der Waals surface area contributed by atoms with Crippen LogP contribution in [0.4, 0.5) is 5.95 Å². The van der Waals surface area contributed by atoms with Crippen molar-refractivity contribution in [2.24, 2.45) is 0 Å². The molecule has 0 unspecified atom stereocenters. The zero-order valence-electron chi connectivity index (χ0n) is 11.3. The van der Waals surface area contributed by atoms with E-state index in [1.165, 1.54) is 5.56 Å². The van der Waals surface area contributed by atoms with Crippen molar-refractivity contribution in [1.82, 2.24) is 15.0 Å². The maximum Gasteiger partial charge on any atom is 0.228 e. The lowest BCUT2D eigenvalue weighted by molar-refractivity contribution is 0.326. The molecule has 19 heavy (non-hydrogen) atoms. The van der Waals surface area contributed by atoms with Crippen LogP contribution in [0.2, 0.25) is 0 Å². The number of aromatic nitrogens is 3. The first-order chi connectivity index (χ1) is 9.29. The molecule has 0 saturated carbocycles. The zero-order chi connectivity index (χ0) is 13.5. The fraction of sp³-hybridized carbons (Fsp3) is 0.357. The third-order valence-electron chi connectivity index (χ3n) is 2.74. The Labute approximate surface area is 113 Å². The molecule has 0 aromatic carbocycles. The molecule has 100 valence electrons. The van der Waals surface area contributed by atoms with Crippen molar-refractivity contribution in [3.8, 4) is 5.88 Å². The highest BCUT2D eigenvalue weighted by atomic mass is 16.5. The molecule has 2 heterocycles. The van der Waals surface area contributed by atoms with Crippen LogP contribution in [0, 0.1) is 0 Å². The number of nitrogens with zero attached hydrogens (tertiary/aromatic N) is 4. The molecular weight excluding hydrogens is 240 g/mol. The van der Waals surface area contributed by atoms with Crippen molar-refractivity contribution in [3.05, 3.63) is 42.4 Å². The lowest BCUT2D eigenvalue weighted by Gasteiger charge is -2.17. The van der Waals surface area contributed by atoms with E-state index in [9.17, 15) is 0 Å². The molecule has 0 saturated heterocycles. The number of hydrogen-bond acceptors (Lipinski definition) is 5. The minimum atomic E-state index is 0.608. The van der Waals surface area contributed by atoms with Crippen LogP contribution in [0.1, 0.15) is 12.5 Å². The standard InChI is InChI=1S/C14H18N4O/c1-3-19-13-6-10-16-14(17-13)18(2)11-7-12-4-8-15-9-5-12/h4-6,8-10H,3,7,11H2,1-2H3. The SMILES string of the molecule is CCOc1ccnc(N(C)CCc2ccncc2)n1. The number of hydrogen-bond donors (Lipinski definition) is 0. The summed E-state index contributed by atoms with van der Waals surface area (Å²) in [4.78, 5) is 14.6. The van der Waals surface area contributed by atoms with Gasteiger partial charge in [0.25, 0.3) is 0 Å². The Morgan fingerprint density at radius 2 is 1.95 bits per heavy atom. The van der Waals surface area contributed by atoms with Gasteiger partial charge in [0.15, 0.2) is 0 Å². The second-order valence-electron chi connectivity index (χ2n) is 4.15. The van der Waals surface area contributed by atoms with Gasteiger partial charge in [-0.1, -0.05) is 0 Å². The molecule has 0 aliphatic heterocycles. The van der Waals surface area contributed by atoms with Crippen molar-refractivity contribution in [2.45, 2.75) is 13.3 Å². The molecule has 5 heteroatoms. The average Bonchev–Trinajstić information content (AvgIpc) is 2.46. The summed E-state index contributed by atoms with van der Waals surface area (Å²) in [6.45, 7) is 3.39. The van der Waals surface area contributed by atoms with E-state index in [1.54, 1.807) is 12.3 Å². The maximum atomic E-state index is 5.37. The Bertz CT molecular complexity index is 504. The predicted molar refractivity (Wildman–Crippen MR) is 74.4 cm³/mol. The summed E-state index contributed by atoms with van der Waals surface area (Å²) in [7, 11) is 1.98. The highest BCUT2D eigenvalue weighted by molar-refractivity contribution is 5.31. The topological polar surface area (TPSA) is 51.1 Å². The fourth-order valence-electron chi connectivity index (χ4n) is 1.69. The molecule has 2 rings (SSSR count). The molecule has 0 radical (unpaired) electrons. The minimum Gasteiger partial charge on any atom is -0.478 e. The second kappa shape index (κ2) is 6.68. The molecule has 0 aliphatic rings. The third kappa shape index (κ3) is 3.91. The highest BCUT2D eigenvalue weighted by Crippen LogP contribution is 2.11. The number of anilines is 1. The van der Waals surface area contributed by atoms with Crippen LogP contribution >= 0.6 is 0 Å². The Morgan fingerprint density at radius 3 is 2.68 bits per heavy atom. The molecule has 5 nitrogen and oxygen atoms in total. The fourth-order valence-corrected chi connectivity index (χ4v) is 1.69. The largest absolute Gasteiger partial charge is 0.478 e. The Hall–Kier alpha value is -2.17. The molecule has 0 fully saturated rings. The van der Waals surface area contributed by atoms with E-state index in [-0.39, 0.29) is 0 Å². The van der Waals surface area contributed by atoms with Crippen LogP contribution in [-0.2, 0) is 6.42 Å². The Morgan fingerprint density at radius 1 is 1.16 bits per heavy atom. The van der Waals surface area contributed by atoms with E-state index in [1.807, 2.05) is 43.4 Å². The van der Waals surface area contributed by atoms with Gasteiger partial charge in [0.05, 0.1) is 6.61 Å². The zero-order valence-corrected chi connectivity index (χ0v) is 11.3. The molecule has 2 aromatic rings. The van der Waals surface area contributed by atoms with Crippen molar-refractivity contribution >= 4 is 5.95 Å². The van der Waals surface area contributed by atoms with Gasteiger partial charge < -0.3 is 9.64 Å². The maximum absolute atomic E-state index is 5.37. The molecule has 0 amide bonds. The Balaban J connectivity index is 1.95. The molecule has 0 spiro atoms. The van der Waals surface area contributed by atoms with E-state index in [4.69, 9.17) is 4.74 Å². The van der Waals surface area contributed by atoms with Crippen LogP contribution in [0.3, 0.4) is 0 Å². The van der Waals surface area contributed by atoms with Gasteiger partial charge in [-0.15, -0.1) is 0 Å². The first kappa shape index (κ1) is 13.3. The van der Waals surface area contributed by atoms with Crippen LogP contribution in [0.5, 0.6) is 5.88 Å². The van der Waals surface area contributed by atoms with Crippen LogP contribution in [-0.4, -0.2) is 35.2 Å². The van der Waals surface area contributed by atoms with E-state index >= 15 is 0 Å². The van der Waals surface area contributed by atoms with Crippen LogP contribution in [0.25, 0.3) is 0 Å². The minimum absolute atomic E-state index is 0.608. The van der Waals surface area contributed by atoms with Gasteiger partial charge in [0, 0.05) is 38.2 Å². The summed E-state index contributed by atoms with van der Waals surface area (Å²) >= 11 is 0. The molecule has 0 aliphatic carbocycles. The first-order valence-corrected chi connectivity index (χ1v) is 6.35. The van der Waals surface area contributed by atoms with Gasteiger partial charge in [0.2, 0.25) is 11.8 Å². The van der Waals surface area contributed by atoms with Gasteiger partial charge in [-0.05, 0) is 31.0 Å². The van der Waals surface area contributed by atoms with Crippen LogP contribution in [0.15, 0.2) is 36.8 Å². The van der Waals surface area contributed by atoms with Crippen molar-refractivity contribution in [1.29, 1.82) is 0 Å². The monoisotopic (exact) mass is 258 g/mol. The lowest BCUT2D eigenvalue weighted by atomic mass is 10.2. The van der Waals surface area contributed by atoms with E-state index < -0.39 is 0 Å². The summed E-state index contributed by atoms with van der Waals surface area (Å²) in [6.07, 6.45) is 6.26. The second-order valence-corrected chi connectivity index (χ2v) is 4.15. The van der Waals surface area contributed by atoms with Crippen molar-refractivity contribution < 1.29 is 4.74 Å². The highest BCUT2D eigenvalue weighted by Gasteiger charge is 2.06. The third-order valence-corrected chi connectivity index (χ3v) is 2.74. The number of ether oxygens (including phenoxy) is 1.